The minimum atomic E-state index is 0.254. The molecule has 1 N–H and O–H groups in total. The molecule has 1 aliphatic carbocycles. The van der Waals surface area contributed by atoms with Crippen molar-refractivity contribution in [1.82, 2.24) is 5.32 Å². The van der Waals surface area contributed by atoms with Gasteiger partial charge in [0.2, 0.25) is 5.91 Å². The van der Waals surface area contributed by atoms with Crippen molar-refractivity contribution in [2.75, 3.05) is 6.54 Å². The summed E-state index contributed by atoms with van der Waals surface area (Å²) < 4.78 is 0. The zero-order valence-corrected chi connectivity index (χ0v) is 11.2. The Morgan fingerprint density at radius 3 is 2.73 bits per heavy atom. The second kappa shape index (κ2) is 7.26. The number of alkyl halides is 1. The fourth-order valence-electron chi connectivity index (χ4n) is 2.16. The van der Waals surface area contributed by atoms with Gasteiger partial charge in [0.05, 0.1) is 0 Å². The highest BCUT2D eigenvalue weighted by Crippen LogP contribution is 2.27. The number of amides is 1. The first-order valence-electron chi connectivity index (χ1n) is 6.09. The van der Waals surface area contributed by atoms with Crippen molar-refractivity contribution >= 4 is 21.8 Å². The van der Waals surface area contributed by atoms with Crippen LogP contribution in [0.4, 0.5) is 0 Å². The van der Waals surface area contributed by atoms with Crippen molar-refractivity contribution in [1.29, 1.82) is 0 Å². The number of hydrogen-bond donors (Lipinski definition) is 1. The third-order valence-electron chi connectivity index (χ3n) is 3.05. The smallest absolute Gasteiger partial charge is 0.220 e. The minimum Gasteiger partial charge on any atom is -0.356 e. The number of rotatable bonds is 6. The van der Waals surface area contributed by atoms with Gasteiger partial charge in [0.25, 0.3) is 0 Å². The summed E-state index contributed by atoms with van der Waals surface area (Å²) in [6, 6.07) is 0. The van der Waals surface area contributed by atoms with E-state index in [1.807, 2.05) is 0 Å². The Balaban J connectivity index is 1.98. The molecule has 0 bridgehead atoms. The Kier molecular flexibility index (Phi) is 6.30. The van der Waals surface area contributed by atoms with Crippen LogP contribution in [0.1, 0.15) is 51.9 Å². The lowest BCUT2D eigenvalue weighted by atomic mass is 10.0. The lowest BCUT2D eigenvalue weighted by Crippen LogP contribution is -2.26. The van der Waals surface area contributed by atoms with E-state index in [1.54, 1.807) is 0 Å². The molecule has 1 rings (SSSR count). The summed E-state index contributed by atoms with van der Waals surface area (Å²) >= 11 is 3.50. The molecule has 1 saturated carbocycles. The number of carbonyl (C=O) groups excluding carboxylic acids is 1. The largest absolute Gasteiger partial charge is 0.356 e. The molecule has 0 heterocycles. The Labute approximate surface area is 101 Å². The summed E-state index contributed by atoms with van der Waals surface area (Å²) in [4.78, 5) is 12.1. The highest BCUT2D eigenvalue weighted by Gasteiger charge is 2.17. The van der Waals surface area contributed by atoms with Gasteiger partial charge in [-0.15, -0.1) is 0 Å². The predicted octanol–water partition coefficient (Wildman–Crippen LogP) is 3.25. The first-order valence-corrected chi connectivity index (χ1v) is 7.01. The molecule has 0 spiro atoms. The lowest BCUT2D eigenvalue weighted by molar-refractivity contribution is -0.121. The van der Waals surface area contributed by atoms with Crippen LogP contribution in [-0.2, 0) is 4.79 Å². The molecular weight excluding hydrogens is 254 g/mol. The molecule has 0 radical (unpaired) electrons. The van der Waals surface area contributed by atoms with E-state index in [2.05, 4.69) is 28.2 Å². The molecule has 15 heavy (non-hydrogen) atoms. The van der Waals surface area contributed by atoms with E-state index in [1.165, 1.54) is 25.7 Å². The van der Waals surface area contributed by atoms with Gasteiger partial charge in [0, 0.05) is 17.8 Å². The topological polar surface area (TPSA) is 29.1 Å². The lowest BCUT2D eigenvalue weighted by Gasteiger charge is -2.09. The summed E-state index contributed by atoms with van der Waals surface area (Å²) in [5, 5.41) is 3.01. The molecule has 1 amide bonds. The SMILES string of the molecule is CC(Br)CCCNC(=O)CC1CCCC1. The summed E-state index contributed by atoms with van der Waals surface area (Å²) in [5.74, 6) is 0.921. The van der Waals surface area contributed by atoms with Crippen LogP contribution in [0.2, 0.25) is 0 Å². The minimum absolute atomic E-state index is 0.254. The van der Waals surface area contributed by atoms with Crippen LogP contribution in [0.15, 0.2) is 0 Å². The number of carbonyl (C=O) groups is 1. The summed E-state index contributed by atoms with van der Waals surface area (Å²) in [7, 11) is 0. The predicted molar refractivity (Wildman–Crippen MR) is 67.2 cm³/mol. The normalized spacial score (nSPS) is 19.1. The highest BCUT2D eigenvalue weighted by atomic mass is 79.9. The van der Waals surface area contributed by atoms with Gasteiger partial charge < -0.3 is 5.32 Å². The van der Waals surface area contributed by atoms with Crippen LogP contribution in [0.3, 0.4) is 0 Å². The van der Waals surface area contributed by atoms with Gasteiger partial charge in [-0.1, -0.05) is 35.7 Å². The molecule has 1 aliphatic rings. The molecule has 2 nitrogen and oxygen atoms in total. The van der Waals surface area contributed by atoms with Crippen molar-refractivity contribution in [3.63, 3.8) is 0 Å². The maximum absolute atomic E-state index is 11.5. The Morgan fingerprint density at radius 1 is 1.47 bits per heavy atom. The van der Waals surface area contributed by atoms with Crippen LogP contribution in [-0.4, -0.2) is 17.3 Å². The van der Waals surface area contributed by atoms with E-state index < -0.39 is 0 Å². The second-order valence-electron chi connectivity index (χ2n) is 4.63. The standard InChI is InChI=1S/C12H22BrNO/c1-10(13)5-4-8-14-12(15)9-11-6-2-3-7-11/h10-11H,2-9H2,1H3,(H,14,15). The monoisotopic (exact) mass is 275 g/mol. The molecule has 1 unspecified atom stereocenters. The zero-order chi connectivity index (χ0) is 11.1. The van der Waals surface area contributed by atoms with Crippen molar-refractivity contribution < 1.29 is 4.79 Å². The van der Waals surface area contributed by atoms with Crippen molar-refractivity contribution in [3.05, 3.63) is 0 Å². The first kappa shape index (κ1) is 13.0. The van der Waals surface area contributed by atoms with Gasteiger partial charge in [0.1, 0.15) is 0 Å². The summed E-state index contributed by atoms with van der Waals surface area (Å²) in [6.07, 6.45) is 8.10. The van der Waals surface area contributed by atoms with Gasteiger partial charge in [0.15, 0.2) is 0 Å². The van der Waals surface area contributed by atoms with Gasteiger partial charge >= 0.3 is 0 Å². The molecule has 88 valence electrons. The van der Waals surface area contributed by atoms with Crippen molar-refractivity contribution in [3.8, 4) is 0 Å². The van der Waals surface area contributed by atoms with Gasteiger partial charge in [-0.05, 0) is 31.6 Å². The molecule has 1 fully saturated rings. The highest BCUT2D eigenvalue weighted by molar-refractivity contribution is 9.09. The summed E-state index contributed by atoms with van der Waals surface area (Å²) in [6.45, 7) is 2.97. The van der Waals surface area contributed by atoms with Gasteiger partial charge in [-0.25, -0.2) is 0 Å². The number of nitrogens with one attached hydrogen (secondary N) is 1. The average molecular weight is 276 g/mol. The Morgan fingerprint density at radius 2 is 2.13 bits per heavy atom. The Bertz CT molecular complexity index is 188. The van der Waals surface area contributed by atoms with E-state index in [0.717, 1.165) is 25.8 Å². The number of halogens is 1. The van der Waals surface area contributed by atoms with E-state index >= 15 is 0 Å². The van der Waals surface area contributed by atoms with E-state index in [-0.39, 0.29) is 5.91 Å². The van der Waals surface area contributed by atoms with E-state index in [9.17, 15) is 4.79 Å². The summed E-state index contributed by atoms with van der Waals surface area (Å²) in [5.41, 5.74) is 0. The van der Waals surface area contributed by atoms with Crippen molar-refractivity contribution in [2.45, 2.75) is 56.7 Å². The zero-order valence-electron chi connectivity index (χ0n) is 9.60. The van der Waals surface area contributed by atoms with Crippen LogP contribution < -0.4 is 5.32 Å². The first-order chi connectivity index (χ1) is 7.18. The fraction of sp³-hybridized carbons (Fsp3) is 0.917. The van der Waals surface area contributed by atoms with Gasteiger partial charge in [-0.3, -0.25) is 4.79 Å². The molecule has 0 aromatic carbocycles. The van der Waals surface area contributed by atoms with E-state index in [0.29, 0.717) is 10.7 Å². The van der Waals surface area contributed by atoms with Crippen LogP contribution in [0.5, 0.6) is 0 Å². The molecule has 0 aromatic rings. The molecule has 0 aliphatic heterocycles. The maximum atomic E-state index is 11.5. The number of hydrogen-bond acceptors (Lipinski definition) is 1. The third-order valence-corrected chi connectivity index (χ3v) is 3.51. The quantitative estimate of drug-likeness (QED) is 0.585. The third kappa shape index (κ3) is 6.18. The van der Waals surface area contributed by atoms with Crippen LogP contribution in [0.25, 0.3) is 0 Å². The van der Waals surface area contributed by atoms with Gasteiger partial charge in [-0.2, -0.15) is 0 Å². The molecule has 0 aromatic heterocycles. The average Bonchev–Trinajstić information content (AvgIpc) is 2.64. The molecule has 1 atom stereocenters. The fourth-order valence-corrected chi connectivity index (χ4v) is 2.48. The molecule has 0 saturated heterocycles. The maximum Gasteiger partial charge on any atom is 0.220 e. The van der Waals surface area contributed by atoms with Crippen LogP contribution in [0, 0.1) is 5.92 Å². The molecule has 3 heteroatoms. The van der Waals surface area contributed by atoms with E-state index in [4.69, 9.17) is 0 Å². The Hall–Kier alpha value is -0.0500. The van der Waals surface area contributed by atoms with Crippen LogP contribution >= 0.6 is 15.9 Å². The van der Waals surface area contributed by atoms with Crippen molar-refractivity contribution in [2.24, 2.45) is 5.92 Å². The molecular formula is C12H22BrNO. The second-order valence-corrected chi connectivity index (χ2v) is 6.19.